The Balaban J connectivity index is 2.96. The predicted molar refractivity (Wildman–Crippen MR) is 63.7 cm³/mol. The van der Waals surface area contributed by atoms with Gasteiger partial charge in [0, 0.05) is 11.9 Å². The molecule has 1 unspecified atom stereocenters. The Kier molecular flexibility index (Phi) is 5.17. The first-order chi connectivity index (χ1) is 8.75. The van der Waals surface area contributed by atoms with Crippen molar-refractivity contribution in [3.63, 3.8) is 0 Å². The van der Waals surface area contributed by atoms with E-state index in [2.05, 4.69) is 5.32 Å². The second kappa shape index (κ2) is 6.23. The van der Waals surface area contributed by atoms with Crippen LogP contribution in [0.25, 0.3) is 0 Å². The summed E-state index contributed by atoms with van der Waals surface area (Å²) in [5.74, 6) is -1.60. The van der Waals surface area contributed by atoms with Gasteiger partial charge >= 0.3 is 6.18 Å². The van der Waals surface area contributed by atoms with Crippen molar-refractivity contribution in [2.45, 2.75) is 25.6 Å². The van der Waals surface area contributed by atoms with Gasteiger partial charge in [0.2, 0.25) is 0 Å². The third-order valence-corrected chi connectivity index (χ3v) is 2.68. The molecule has 1 amide bonds. The van der Waals surface area contributed by atoms with Crippen LogP contribution >= 0.6 is 11.6 Å². The molecule has 0 saturated carbocycles. The van der Waals surface area contributed by atoms with E-state index in [-0.39, 0.29) is 11.9 Å². The van der Waals surface area contributed by atoms with Crippen LogP contribution in [0.5, 0.6) is 0 Å². The van der Waals surface area contributed by atoms with E-state index in [1.165, 1.54) is 0 Å². The van der Waals surface area contributed by atoms with Crippen LogP contribution in [0.1, 0.15) is 29.3 Å². The molecule has 0 aromatic heterocycles. The van der Waals surface area contributed by atoms with Gasteiger partial charge in [-0.05, 0) is 31.5 Å². The molecule has 1 N–H and O–H groups in total. The molecule has 0 bridgehead atoms. The fraction of sp³-hybridized carbons (Fsp3) is 0.417. The summed E-state index contributed by atoms with van der Waals surface area (Å²) in [5, 5.41) is 2.39. The van der Waals surface area contributed by atoms with Crippen LogP contribution in [-0.4, -0.2) is 17.8 Å². The van der Waals surface area contributed by atoms with Crippen molar-refractivity contribution in [2.75, 3.05) is 5.88 Å². The molecule has 0 saturated heterocycles. The van der Waals surface area contributed by atoms with Gasteiger partial charge in [0.15, 0.2) is 0 Å². The number of hydrogen-bond donors (Lipinski definition) is 1. The Morgan fingerprint density at radius 1 is 1.42 bits per heavy atom. The molecule has 7 heteroatoms. The van der Waals surface area contributed by atoms with Gasteiger partial charge in [-0.15, -0.1) is 11.6 Å². The zero-order chi connectivity index (χ0) is 14.6. The minimum absolute atomic E-state index is 0.284. The van der Waals surface area contributed by atoms with E-state index in [0.29, 0.717) is 24.6 Å². The number of rotatable bonds is 4. The van der Waals surface area contributed by atoms with Crippen molar-refractivity contribution in [3.8, 4) is 0 Å². The molecule has 106 valence electrons. The van der Waals surface area contributed by atoms with E-state index in [1.807, 2.05) is 0 Å². The van der Waals surface area contributed by atoms with Crippen LogP contribution in [-0.2, 0) is 6.18 Å². The van der Waals surface area contributed by atoms with Crippen molar-refractivity contribution >= 4 is 17.5 Å². The van der Waals surface area contributed by atoms with Crippen LogP contribution in [0.3, 0.4) is 0 Å². The second-order valence-electron chi connectivity index (χ2n) is 4.04. The highest BCUT2D eigenvalue weighted by atomic mass is 35.5. The molecule has 19 heavy (non-hydrogen) atoms. The van der Waals surface area contributed by atoms with E-state index in [1.54, 1.807) is 6.92 Å². The average molecular weight is 298 g/mol. The number of hydrogen-bond acceptors (Lipinski definition) is 1. The van der Waals surface area contributed by atoms with Gasteiger partial charge in [0.05, 0.1) is 11.1 Å². The molecule has 1 aromatic rings. The molecule has 1 atom stereocenters. The van der Waals surface area contributed by atoms with Crippen LogP contribution in [0, 0.1) is 5.82 Å². The minimum atomic E-state index is -4.62. The van der Waals surface area contributed by atoms with Gasteiger partial charge in [-0.25, -0.2) is 4.39 Å². The lowest BCUT2D eigenvalue weighted by atomic mass is 10.1. The quantitative estimate of drug-likeness (QED) is 0.668. The molecule has 0 aliphatic heterocycles. The Labute approximate surface area is 112 Å². The van der Waals surface area contributed by atoms with Crippen LogP contribution in [0.2, 0.25) is 0 Å². The first kappa shape index (κ1) is 15.8. The maximum atomic E-state index is 13.4. The predicted octanol–water partition coefficient (Wildman–Crippen LogP) is 3.59. The van der Waals surface area contributed by atoms with E-state index < -0.39 is 29.0 Å². The zero-order valence-corrected chi connectivity index (χ0v) is 10.8. The largest absolute Gasteiger partial charge is 0.416 e. The van der Waals surface area contributed by atoms with Crippen LogP contribution in [0.4, 0.5) is 17.6 Å². The van der Waals surface area contributed by atoms with Gasteiger partial charge in [0.25, 0.3) is 5.91 Å². The van der Waals surface area contributed by atoms with E-state index in [9.17, 15) is 22.4 Å². The molecule has 0 spiro atoms. The first-order valence-corrected chi connectivity index (χ1v) is 6.02. The summed E-state index contributed by atoms with van der Waals surface area (Å²) >= 11 is 5.47. The van der Waals surface area contributed by atoms with E-state index in [4.69, 9.17) is 11.6 Å². The lowest BCUT2D eigenvalue weighted by Gasteiger charge is -2.14. The highest BCUT2D eigenvalue weighted by Gasteiger charge is 2.32. The van der Waals surface area contributed by atoms with Crippen molar-refractivity contribution < 1.29 is 22.4 Å². The number of carbonyl (C=O) groups excluding carboxylic acids is 1. The number of amides is 1. The second-order valence-corrected chi connectivity index (χ2v) is 4.42. The molecule has 1 rings (SSSR count). The smallest absolute Gasteiger partial charge is 0.349 e. The molecule has 0 heterocycles. The normalized spacial score (nSPS) is 13.2. The number of alkyl halides is 4. The summed E-state index contributed by atoms with van der Waals surface area (Å²) in [6.07, 6.45) is -4.18. The summed E-state index contributed by atoms with van der Waals surface area (Å²) in [4.78, 5) is 11.7. The average Bonchev–Trinajstić information content (AvgIpc) is 2.27. The molecular weight excluding hydrogens is 286 g/mol. The highest BCUT2D eigenvalue weighted by Crippen LogP contribution is 2.30. The molecule has 2 nitrogen and oxygen atoms in total. The third-order valence-electron chi connectivity index (χ3n) is 2.46. The van der Waals surface area contributed by atoms with Crippen LogP contribution in [0.15, 0.2) is 18.2 Å². The fourth-order valence-corrected chi connectivity index (χ4v) is 1.74. The summed E-state index contributed by atoms with van der Waals surface area (Å²) in [7, 11) is 0. The summed E-state index contributed by atoms with van der Waals surface area (Å²) in [5.41, 5.74) is -1.69. The number of benzene rings is 1. The SMILES string of the molecule is CC(CCCl)NC(=O)c1cc(C(F)(F)F)ccc1F. The summed E-state index contributed by atoms with van der Waals surface area (Å²) in [6.45, 7) is 1.63. The van der Waals surface area contributed by atoms with Crippen molar-refractivity contribution in [2.24, 2.45) is 0 Å². The van der Waals surface area contributed by atoms with Crippen molar-refractivity contribution in [1.29, 1.82) is 0 Å². The monoisotopic (exact) mass is 297 g/mol. The lowest BCUT2D eigenvalue weighted by molar-refractivity contribution is -0.137. The van der Waals surface area contributed by atoms with Gasteiger partial charge in [-0.1, -0.05) is 0 Å². The maximum absolute atomic E-state index is 13.4. The van der Waals surface area contributed by atoms with Gasteiger partial charge in [-0.2, -0.15) is 13.2 Å². The third kappa shape index (κ3) is 4.38. The first-order valence-electron chi connectivity index (χ1n) is 5.49. The Morgan fingerprint density at radius 2 is 2.05 bits per heavy atom. The van der Waals surface area contributed by atoms with E-state index >= 15 is 0 Å². The molecule has 0 radical (unpaired) electrons. The fourth-order valence-electron chi connectivity index (χ4n) is 1.41. The van der Waals surface area contributed by atoms with Crippen molar-refractivity contribution in [1.82, 2.24) is 5.32 Å². The van der Waals surface area contributed by atoms with Gasteiger partial charge < -0.3 is 5.32 Å². The Hall–Kier alpha value is -1.30. The number of nitrogens with one attached hydrogen (secondary N) is 1. The Morgan fingerprint density at radius 3 is 2.58 bits per heavy atom. The molecule has 0 fully saturated rings. The summed E-state index contributed by atoms with van der Waals surface area (Å²) < 4.78 is 50.8. The molecule has 0 aliphatic rings. The highest BCUT2D eigenvalue weighted by molar-refractivity contribution is 6.17. The summed E-state index contributed by atoms with van der Waals surface area (Å²) in [6, 6.07) is 1.37. The topological polar surface area (TPSA) is 29.1 Å². The van der Waals surface area contributed by atoms with Gasteiger partial charge in [0.1, 0.15) is 5.82 Å². The minimum Gasteiger partial charge on any atom is -0.349 e. The lowest BCUT2D eigenvalue weighted by Crippen LogP contribution is -2.33. The molecular formula is C12H12ClF4NO. The molecule has 0 aliphatic carbocycles. The van der Waals surface area contributed by atoms with Crippen LogP contribution < -0.4 is 5.32 Å². The zero-order valence-electron chi connectivity index (χ0n) is 10.0. The standard InChI is InChI=1S/C12H12ClF4NO/c1-7(4-5-13)18-11(19)9-6-8(12(15,16)17)2-3-10(9)14/h2-3,6-7H,4-5H2,1H3,(H,18,19). The van der Waals surface area contributed by atoms with Crippen molar-refractivity contribution in [3.05, 3.63) is 35.1 Å². The Bertz CT molecular complexity index is 462. The maximum Gasteiger partial charge on any atom is 0.416 e. The number of carbonyl (C=O) groups is 1. The van der Waals surface area contributed by atoms with E-state index in [0.717, 1.165) is 0 Å². The van der Waals surface area contributed by atoms with Gasteiger partial charge in [-0.3, -0.25) is 4.79 Å². The molecule has 1 aromatic carbocycles. The number of halogens is 5.